The summed E-state index contributed by atoms with van der Waals surface area (Å²) < 4.78 is 12.8. The van der Waals surface area contributed by atoms with Crippen LogP contribution in [0.25, 0.3) is 0 Å². The van der Waals surface area contributed by atoms with Crippen molar-refractivity contribution in [1.29, 1.82) is 0 Å². The van der Waals surface area contributed by atoms with Crippen molar-refractivity contribution in [2.24, 2.45) is 10.8 Å². The highest BCUT2D eigenvalue weighted by molar-refractivity contribution is 9.10. The molecule has 1 aliphatic heterocycles. The van der Waals surface area contributed by atoms with E-state index in [1.165, 1.54) is 0 Å². The number of carbonyl (C=O) groups excluding carboxylic acids is 3. The van der Waals surface area contributed by atoms with Gasteiger partial charge >= 0.3 is 0 Å². The van der Waals surface area contributed by atoms with E-state index in [0.717, 1.165) is 15.6 Å². The summed E-state index contributed by atoms with van der Waals surface area (Å²) in [6, 6.07) is 13.4. The molecule has 41 heavy (non-hydrogen) atoms. The fraction of sp³-hybridized carbons (Fsp3) is 0.424. The molecule has 216 valence electrons. The number of rotatable bonds is 7. The number of aliphatic carboxylic acids is 1. The molecule has 8 heteroatoms. The van der Waals surface area contributed by atoms with Gasteiger partial charge in [0.25, 0.3) is 0 Å². The smallest absolute Gasteiger partial charge is 0.162 e. The van der Waals surface area contributed by atoms with Gasteiger partial charge in [0.15, 0.2) is 23.1 Å². The van der Waals surface area contributed by atoms with Crippen LogP contribution in [0.15, 0.2) is 69.5 Å². The van der Waals surface area contributed by atoms with Gasteiger partial charge in [0, 0.05) is 45.8 Å². The summed E-state index contributed by atoms with van der Waals surface area (Å²) in [4.78, 5) is 41.3. The minimum Gasteiger partial charge on any atom is -0.548 e. The summed E-state index contributed by atoms with van der Waals surface area (Å²) in [5.74, 6) is -0.952. The van der Waals surface area contributed by atoms with E-state index in [4.69, 9.17) is 9.47 Å². The van der Waals surface area contributed by atoms with Gasteiger partial charge in [0.1, 0.15) is 6.61 Å². The van der Waals surface area contributed by atoms with Crippen LogP contribution in [0.5, 0.6) is 11.5 Å². The molecule has 0 saturated carbocycles. The summed E-state index contributed by atoms with van der Waals surface area (Å²) in [7, 11) is 1.56. The Balaban J connectivity index is 1.62. The topological polar surface area (TPSA) is 96.0 Å². The van der Waals surface area contributed by atoms with E-state index in [1.54, 1.807) is 12.0 Å². The van der Waals surface area contributed by atoms with Gasteiger partial charge in [-0.05, 0) is 59.1 Å². The second-order valence-corrected chi connectivity index (χ2v) is 13.7. The maximum absolute atomic E-state index is 13.8. The van der Waals surface area contributed by atoms with Crippen molar-refractivity contribution in [3.63, 3.8) is 0 Å². The average Bonchev–Trinajstić information content (AvgIpc) is 2.87. The summed E-state index contributed by atoms with van der Waals surface area (Å²) in [6.07, 6.45) is 1.67. The number of carboxylic acid groups (broad SMARTS) is 1. The number of Topliss-reactive ketones (excluding diaryl/α,β-unsaturated/α-hetero) is 2. The van der Waals surface area contributed by atoms with Crippen molar-refractivity contribution in [2.45, 2.75) is 65.9 Å². The second-order valence-electron chi connectivity index (χ2n) is 12.8. The highest BCUT2D eigenvalue weighted by atomic mass is 79.9. The van der Waals surface area contributed by atoms with Crippen molar-refractivity contribution < 1.29 is 29.0 Å². The van der Waals surface area contributed by atoms with Gasteiger partial charge < -0.3 is 24.3 Å². The van der Waals surface area contributed by atoms with Crippen LogP contribution in [0.2, 0.25) is 0 Å². The predicted molar refractivity (Wildman–Crippen MR) is 156 cm³/mol. The van der Waals surface area contributed by atoms with Crippen LogP contribution in [0, 0.1) is 10.8 Å². The molecule has 0 saturated heterocycles. The van der Waals surface area contributed by atoms with Crippen LogP contribution < -0.4 is 14.6 Å². The first-order chi connectivity index (χ1) is 19.3. The van der Waals surface area contributed by atoms with Crippen molar-refractivity contribution in [2.75, 3.05) is 13.7 Å². The molecule has 0 bridgehead atoms. The molecule has 0 aromatic heterocycles. The fourth-order valence-electron chi connectivity index (χ4n) is 6.43. The molecule has 0 radical (unpaired) electrons. The third-order valence-corrected chi connectivity index (χ3v) is 8.67. The Kier molecular flexibility index (Phi) is 7.66. The Morgan fingerprint density at radius 3 is 1.98 bits per heavy atom. The molecule has 0 fully saturated rings. The number of ether oxygens (including phenoxy) is 2. The van der Waals surface area contributed by atoms with Crippen molar-refractivity contribution >= 4 is 33.5 Å². The standard InChI is InChI=1S/C33H36BrNO6/c1-32(2)13-22-30(24(36)15-32)29(31-23(35(22)17-28(38)39)14-33(3,4)16-25(31)37)20-8-11-26(27(12-20)40-5)41-18-19-6-9-21(34)10-7-19/h6-12,29H,13-18H2,1-5H3,(H,38,39)/p-1. The first kappa shape index (κ1) is 29.1. The maximum atomic E-state index is 13.8. The van der Waals surface area contributed by atoms with Crippen LogP contribution >= 0.6 is 15.9 Å². The molecule has 2 aromatic rings. The summed E-state index contributed by atoms with van der Waals surface area (Å²) in [5, 5.41) is 12.0. The summed E-state index contributed by atoms with van der Waals surface area (Å²) in [6.45, 7) is 8.00. The van der Waals surface area contributed by atoms with E-state index in [0.29, 0.717) is 66.3 Å². The number of halogens is 1. The van der Waals surface area contributed by atoms with Gasteiger partial charge in [0.05, 0.1) is 19.6 Å². The number of ketones is 2. The molecule has 3 aliphatic rings. The van der Waals surface area contributed by atoms with E-state index >= 15 is 0 Å². The Morgan fingerprint density at radius 2 is 1.46 bits per heavy atom. The third-order valence-electron chi connectivity index (χ3n) is 8.14. The quantitative estimate of drug-likeness (QED) is 0.405. The minimum atomic E-state index is -1.25. The number of carboxylic acids is 1. The monoisotopic (exact) mass is 620 g/mol. The zero-order valence-electron chi connectivity index (χ0n) is 24.1. The normalized spacial score (nSPS) is 20.1. The number of methoxy groups -OCH3 is 1. The van der Waals surface area contributed by atoms with E-state index in [2.05, 4.69) is 15.9 Å². The zero-order valence-corrected chi connectivity index (χ0v) is 25.7. The van der Waals surface area contributed by atoms with Crippen molar-refractivity contribution in [3.8, 4) is 11.5 Å². The highest BCUT2D eigenvalue weighted by Gasteiger charge is 2.49. The molecule has 0 atom stereocenters. The van der Waals surface area contributed by atoms with Gasteiger partial charge in [0.2, 0.25) is 0 Å². The number of hydrogen-bond acceptors (Lipinski definition) is 7. The minimum absolute atomic E-state index is 0.0664. The first-order valence-corrected chi connectivity index (χ1v) is 14.6. The lowest BCUT2D eigenvalue weighted by atomic mass is 9.63. The first-order valence-electron chi connectivity index (χ1n) is 13.8. The van der Waals surface area contributed by atoms with Crippen LogP contribution in [0.3, 0.4) is 0 Å². The molecule has 0 amide bonds. The van der Waals surface area contributed by atoms with Crippen LogP contribution in [0.1, 0.15) is 70.4 Å². The molecule has 2 aromatic carbocycles. The van der Waals surface area contributed by atoms with Crippen LogP contribution in [-0.2, 0) is 21.0 Å². The molecular formula is C33H35BrNO6-. The van der Waals surface area contributed by atoms with Gasteiger partial charge in [-0.3, -0.25) is 9.59 Å². The third kappa shape index (κ3) is 5.85. The molecular weight excluding hydrogens is 586 g/mol. The lowest BCUT2D eigenvalue weighted by molar-refractivity contribution is -0.305. The second kappa shape index (κ2) is 10.8. The van der Waals surface area contributed by atoms with E-state index < -0.39 is 18.4 Å². The predicted octanol–water partition coefficient (Wildman–Crippen LogP) is 5.47. The molecule has 0 spiro atoms. The molecule has 7 nitrogen and oxygen atoms in total. The lowest BCUT2D eigenvalue weighted by Crippen LogP contribution is -2.47. The Labute approximate surface area is 249 Å². The van der Waals surface area contributed by atoms with Crippen molar-refractivity contribution in [3.05, 3.63) is 80.6 Å². The Bertz CT molecular complexity index is 1430. The number of benzene rings is 2. The van der Waals surface area contributed by atoms with E-state index in [1.807, 2.05) is 70.2 Å². The molecule has 0 unspecified atom stereocenters. The van der Waals surface area contributed by atoms with E-state index in [9.17, 15) is 19.5 Å². The SMILES string of the molecule is COc1cc(C2C3=C(CC(C)(C)CC3=O)N(CC(=O)[O-])C3=C2C(=O)CC(C)(C)C3)ccc1OCc1ccc(Br)cc1. The molecule has 5 rings (SSSR count). The molecule has 2 aliphatic carbocycles. The van der Waals surface area contributed by atoms with Gasteiger partial charge in [-0.2, -0.15) is 0 Å². The number of carbonyl (C=O) groups is 3. The summed E-state index contributed by atoms with van der Waals surface area (Å²) >= 11 is 3.44. The average molecular weight is 622 g/mol. The Hall–Kier alpha value is -3.39. The number of hydrogen-bond donors (Lipinski definition) is 0. The molecule has 1 heterocycles. The van der Waals surface area contributed by atoms with Crippen LogP contribution in [-0.4, -0.2) is 36.1 Å². The number of nitrogens with zero attached hydrogens (tertiary/aromatic N) is 1. The Morgan fingerprint density at radius 1 is 0.902 bits per heavy atom. The highest BCUT2D eigenvalue weighted by Crippen LogP contribution is 2.54. The maximum Gasteiger partial charge on any atom is 0.162 e. The summed E-state index contributed by atoms with van der Waals surface area (Å²) in [5.41, 5.74) is 3.41. The van der Waals surface area contributed by atoms with E-state index in [-0.39, 0.29) is 22.4 Å². The number of allylic oxidation sites excluding steroid dienone is 4. The largest absolute Gasteiger partial charge is 0.548 e. The van der Waals surface area contributed by atoms with Crippen LogP contribution in [0.4, 0.5) is 0 Å². The lowest BCUT2D eigenvalue weighted by Gasteiger charge is -2.49. The fourth-order valence-corrected chi connectivity index (χ4v) is 6.69. The molecule has 0 N–H and O–H groups in total. The zero-order chi connectivity index (χ0) is 29.7. The van der Waals surface area contributed by atoms with Gasteiger partial charge in [-0.1, -0.05) is 61.8 Å². The van der Waals surface area contributed by atoms with Crippen molar-refractivity contribution in [1.82, 2.24) is 4.90 Å². The van der Waals surface area contributed by atoms with Gasteiger partial charge in [-0.25, -0.2) is 0 Å². The van der Waals surface area contributed by atoms with Gasteiger partial charge in [-0.15, -0.1) is 0 Å².